The van der Waals surface area contributed by atoms with Crippen LogP contribution in [0.2, 0.25) is 0 Å². The van der Waals surface area contributed by atoms with Crippen LogP contribution < -0.4 is 21.3 Å². The van der Waals surface area contributed by atoms with Crippen LogP contribution in [0.4, 0.5) is 10.5 Å². The molecule has 13 nitrogen and oxygen atoms in total. The second kappa shape index (κ2) is 15.7. The Morgan fingerprint density at radius 2 is 1.76 bits per heavy atom. The predicted molar refractivity (Wildman–Crippen MR) is 152 cm³/mol. The van der Waals surface area contributed by atoms with Gasteiger partial charge in [-0.3, -0.25) is 14.4 Å². The summed E-state index contributed by atoms with van der Waals surface area (Å²) in [7, 11) is 2.11. The Balaban J connectivity index is 1.39. The lowest BCUT2D eigenvalue weighted by atomic mass is 10.0. The number of benzene rings is 1. The third kappa shape index (κ3) is 9.66. The average molecular weight is 574 g/mol. The van der Waals surface area contributed by atoms with Crippen molar-refractivity contribution in [1.29, 1.82) is 0 Å². The smallest absolute Gasteiger partial charge is 0.319 e. The maximum Gasteiger partial charge on any atom is 0.319 e. The molecule has 0 aliphatic carbocycles. The van der Waals surface area contributed by atoms with Gasteiger partial charge in [-0.1, -0.05) is 18.2 Å². The highest BCUT2D eigenvalue weighted by Crippen LogP contribution is 2.21. The molecule has 13 heteroatoms. The number of hydrogen-bond acceptors (Lipinski definition) is 8. The summed E-state index contributed by atoms with van der Waals surface area (Å²) in [5.74, 6) is -0.913. The van der Waals surface area contributed by atoms with Crippen LogP contribution in [0.15, 0.2) is 30.3 Å². The van der Waals surface area contributed by atoms with Crippen molar-refractivity contribution in [2.24, 2.45) is 0 Å². The summed E-state index contributed by atoms with van der Waals surface area (Å²) in [5.41, 5.74) is 0.642. The van der Waals surface area contributed by atoms with Crippen molar-refractivity contribution in [3.05, 3.63) is 30.3 Å². The number of ether oxygens (including phenoxy) is 2. The fourth-order valence-corrected chi connectivity index (χ4v) is 5.37. The molecule has 3 fully saturated rings. The topological polar surface area (TPSA) is 145 Å². The first-order valence-electron chi connectivity index (χ1n) is 14.4. The van der Waals surface area contributed by atoms with Gasteiger partial charge in [0.2, 0.25) is 17.7 Å². The van der Waals surface area contributed by atoms with Gasteiger partial charge in [0.05, 0.1) is 26.4 Å². The number of nitrogens with zero attached hydrogens (tertiary/aromatic N) is 3. The molecule has 0 aromatic heterocycles. The number of urea groups is 1. The number of nitrogens with one attached hydrogen (secondary N) is 4. The predicted octanol–water partition coefficient (Wildman–Crippen LogP) is -0.547. The normalized spacial score (nSPS) is 24.3. The van der Waals surface area contributed by atoms with Gasteiger partial charge >= 0.3 is 6.03 Å². The van der Waals surface area contributed by atoms with E-state index in [1.54, 1.807) is 17.0 Å². The molecule has 226 valence electrons. The molecule has 0 bridgehead atoms. The number of amides is 5. The van der Waals surface area contributed by atoms with E-state index < -0.39 is 12.1 Å². The number of likely N-dealkylation sites (tertiary alicyclic amines) is 1. The van der Waals surface area contributed by atoms with Crippen molar-refractivity contribution < 1.29 is 28.7 Å². The molecular formula is C28H43N7O6. The van der Waals surface area contributed by atoms with Crippen LogP contribution in [0.25, 0.3) is 0 Å². The molecule has 0 radical (unpaired) electrons. The molecule has 3 aliphatic rings. The van der Waals surface area contributed by atoms with Gasteiger partial charge in [0.25, 0.3) is 0 Å². The van der Waals surface area contributed by atoms with Gasteiger partial charge in [-0.2, -0.15) is 0 Å². The number of para-hydroxylation sites is 1. The number of fused-ring (bicyclic) bond motifs is 1. The van der Waals surface area contributed by atoms with E-state index >= 15 is 0 Å². The van der Waals surface area contributed by atoms with Crippen molar-refractivity contribution in [2.45, 2.75) is 37.4 Å². The van der Waals surface area contributed by atoms with Gasteiger partial charge in [-0.25, -0.2) is 4.79 Å². The molecule has 3 aliphatic heterocycles. The Hall–Kier alpha value is -3.26. The first-order chi connectivity index (χ1) is 19.9. The second-order valence-corrected chi connectivity index (χ2v) is 10.8. The van der Waals surface area contributed by atoms with Gasteiger partial charge in [0.1, 0.15) is 12.6 Å². The van der Waals surface area contributed by atoms with Crippen LogP contribution in [0, 0.1) is 0 Å². The van der Waals surface area contributed by atoms with E-state index in [0.29, 0.717) is 37.8 Å². The molecule has 3 heterocycles. The van der Waals surface area contributed by atoms with Gasteiger partial charge in [-0.15, -0.1) is 0 Å². The molecule has 4 N–H and O–H groups in total. The third-order valence-corrected chi connectivity index (χ3v) is 7.63. The fraction of sp³-hybridized carbons (Fsp3) is 0.643. The number of rotatable bonds is 6. The molecule has 41 heavy (non-hydrogen) atoms. The Bertz CT molecular complexity index is 1020. The molecule has 4 rings (SSSR count). The lowest BCUT2D eigenvalue weighted by Gasteiger charge is -2.31. The van der Waals surface area contributed by atoms with Crippen molar-refractivity contribution in [3.63, 3.8) is 0 Å². The maximum atomic E-state index is 13.6. The number of carbonyl (C=O) groups is 4. The number of piperidine rings is 1. The Labute approximate surface area is 241 Å². The van der Waals surface area contributed by atoms with Crippen molar-refractivity contribution in [2.75, 3.05) is 84.6 Å². The summed E-state index contributed by atoms with van der Waals surface area (Å²) in [6.45, 7) is 3.32. The van der Waals surface area contributed by atoms with Gasteiger partial charge < -0.3 is 45.4 Å². The summed E-state index contributed by atoms with van der Waals surface area (Å²) < 4.78 is 11.0. The summed E-state index contributed by atoms with van der Waals surface area (Å²) in [4.78, 5) is 57.4. The SMILES string of the molecule is CN1CCC(N[C@H]2C[C@H]3C(=O)NCCOCCOCC(=O)N(CCNC(=O)Nc4ccccc4)CC(=O)N3C2)CC1. The van der Waals surface area contributed by atoms with Crippen LogP contribution in [-0.2, 0) is 23.9 Å². The third-order valence-electron chi connectivity index (χ3n) is 7.63. The lowest BCUT2D eigenvalue weighted by molar-refractivity contribution is -0.145. The fourth-order valence-electron chi connectivity index (χ4n) is 5.37. The van der Waals surface area contributed by atoms with Gasteiger partial charge in [0.15, 0.2) is 0 Å². The molecule has 0 spiro atoms. The van der Waals surface area contributed by atoms with E-state index in [1.165, 1.54) is 4.90 Å². The van der Waals surface area contributed by atoms with E-state index in [9.17, 15) is 19.2 Å². The molecule has 2 atom stereocenters. The van der Waals surface area contributed by atoms with Crippen LogP contribution in [0.5, 0.6) is 0 Å². The zero-order valence-corrected chi connectivity index (χ0v) is 23.8. The van der Waals surface area contributed by atoms with Crippen LogP contribution in [0.3, 0.4) is 0 Å². The van der Waals surface area contributed by atoms with E-state index in [2.05, 4.69) is 33.2 Å². The molecule has 1 aromatic carbocycles. The van der Waals surface area contributed by atoms with Crippen LogP contribution in [-0.4, -0.2) is 136 Å². The zero-order chi connectivity index (χ0) is 29.0. The lowest BCUT2D eigenvalue weighted by Crippen LogP contribution is -2.51. The molecule has 1 aromatic rings. The summed E-state index contributed by atoms with van der Waals surface area (Å²) >= 11 is 0. The largest absolute Gasteiger partial charge is 0.377 e. The number of hydrogen-bond donors (Lipinski definition) is 4. The average Bonchev–Trinajstić information content (AvgIpc) is 3.39. The van der Waals surface area contributed by atoms with E-state index in [0.717, 1.165) is 25.9 Å². The summed E-state index contributed by atoms with van der Waals surface area (Å²) in [6.07, 6.45) is 2.54. The molecule has 5 amide bonds. The van der Waals surface area contributed by atoms with Crippen LogP contribution >= 0.6 is 0 Å². The first kappa shape index (κ1) is 30.7. The minimum atomic E-state index is -0.639. The Morgan fingerprint density at radius 1 is 1.00 bits per heavy atom. The first-order valence-corrected chi connectivity index (χ1v) is 14.4. The number of carbonyl (C=O) groups excluding carboxylic acids is 4. The molecule has 3 saturated heterocycles. The Morgan fingerprint density at radius 3 is 2.54 bits per heavy atom. The van der Waals surface area contributed by atoms with Crippen molar-refractivity contribution in [3.8, 4) is 0 Å². The molecular weight excluding hydrogens is 530 g/mol. The van der Waals surface area contributed by atoms with E-state index in [-0.39, 0.29) is 63.2 Å². The molecule has 0 unspecified atom stereocenters. The van der Waals surface area contributed by atoms with E-state index in [4.69, 9.17) is 9.47 Å². The van der Waals surface area contributed by atoms with Crippen molar-refractivity contribution >= 4 is 29.4 Å². The standard InChI is InChI=1S/C28H43N7O6/c1-33-11-7-22(8-12-33)31-23-17-24-27(38)29-10-14-40-15-16-41-20-26(37)34(19-25(36)35(24)18-23)13-9-30-28(39)32-21-5-3-2-4-6-21/h2-6,22-24,31H,7-20H2,1H3,(H,29,38)(H2,30,32,39)/t23-,24-/m0/s1. The zero-order valence-electron chi connectivity index (χ0n) is 23.8. The number of anilines is 1. The van der Waals surface area contributed by atoms with Crippen molar-refractivity contribution in [1.82, 2.24) is 30.7 Å². The Kier molecular flexibility index (Phi) is 11.7. The van der Waals surface area contributed by atoms with E-state index in [1.807, 2.05) is 18.2 Å². The maximum absolute atomic E-state index is 13.6. The summed E-state index contributed by atoms with van der Waals surface area (Å²) in [6, 6.07) is 8.27. The van der Waals surface area contributed by atoms with Gasteiger partial charge in [0, 0.05) is 44.0 Å². The second-order valence-electron chi connectivity index (χ2n) is 10.8. The highest BCUT2D eigenvalue weighted by molar-refractivity contribution is 5.91. The molecule has 0 saturated carbocycles. The highest BCUT2D eigenvalue weighted by atomic mass is 16.5. The summed E-state index contributed by atoms with van der Waals surface area (Å²) in [5, 5.41) is 12.0. The van der Waals surface area contributed by atoms with Crippen LogP contribution in [0.1, 0.15) is 19.3 Å². The van der Waals surface area contributed by atoms with Gasteiger partial charge in [-0.05, 0) is 51.5 Å². The minimum absolute atomic E-state index is 0.0194. The highest BCUT2D eigenvalue weighted by Gasteiger charge is 2.40. The monoisotopic (exact) mass is 573 g/mol. The quantitative estimate of drug-likeness (QED) is 0.355. The minimum Gasteiger partial charge on any atom is -0.377 e.